The van der Waals surface area contributed by atoms with Gasteiger partial charge in [0.25, 0.3) is 5.91 Å². The molecule has 11 heteroatoms. The number of hydrogen-bond acceptors (Lipinski definition) is 7. The molecule has 0 saturated heterocycles. The van der Waals surface area contributed by atoms with E-state index >= 15 is 0 Å². The molecule has 0 fully saturated rings. The van der Waals surface area contributed by atoms with Crippen molar-refractivity contribution in [3.8, 4) is 17.2 Å². The van der Waals surface area contributed by atoms with Gasteiger partial charge in [0, 0.05) is 6.54 Å². The SMILES string of the molecule is CC1(C)NC(=O)C[C@@H](C(=O)NCCc2ccc3c(c2)OCCO3)NC(=O)c2ccccc2OC[C@@H](Cc2ccccc2)NC1=O. The van der Waals surface area contributed by atoms with Crippen molar-refractivity contribution in [2.24, 2.45) is 0 Å². The van der Waals surface area contributed by atoms with Gasteiger partial charge in [0.15, 0.2) is 11.5 Å². The van der Waals surface area contributed by atoms with Gasteiger partial charge >= 0.3 is 0 Å². The molecular weight excluding hydrogens is 576 g/mol. The molecule has 236 valence electrons. The summed E-state index contributed by atoms with van der Waals surface area (Å²) >= 11 is 0. The minimum absolute atomic E-state index is 0.0682. The van der Waals surface area contributed by atoms with E-state index in [2.05, 4.69) is 21.3 Å². The van der Waals surface area contributed by atoms with Gasteiger partial charge in [-0.2, -0.15) is 0 Å². The number of amides is 4. The van der Waals surface area contributed by atoms with E-state index in [4.69, 9.17) is 14.2 Å². The molecule has 0 aliphatic carbocycles. The molecular formula is C34H38N4O7. The molecule has 11 nitrogen and oxygen atoms in total. The molecule has 0 bridgehead atoms. The number of rotatable bonds is 6. The minimum Gasteiger partial charge on any atom is -0.491 e. The summed E-state index contributed by atoms with van der Waals surface area (Å²) in [6, 6.07) is 20.2. The Hall–Kier alpha value is -5.06. The molecule has 0 unspecified atom stereocenters. The molecule has 45 heavy (non-hydrogen) atoms. The number of para-hydroxylation sites is 1. The molecule has 4 amide bonds. The maximum absolute atomic E-state index is 13.5. The van der Waals surface area contributed by atoms with E-state index in [0.717, 1.165) is 11.1 Å². The topological polar surface area (TPSA) is 144 Å². The lowest BCUT2D eigenvalue weighted by Gasteiger charge is -2.30. The van der Waals surface area contributed by atoms with Gasteiger partial charge in [0.2, 0.25) is 17.7 Å². The molecule has 5 rings (SSSR count). The first-order valence-corrected chi connectivity index (χ1v) is 15.0. The van der Waals surface area contributed by atoms with Gasteiger partial charge in [0.05, 0.1) is 18.0 Å². The van der Waals surface area contributed by atoms with Crippen molar-refractivity contribution < 1.29 is 33.4 Å². The normalized spacial score (nSPS) is 19.8. The third-order valence-electron chi connectivity index (χ3n) is 7.58. The zero-order valence-corrected chi connectivity index (χ0v) is 25.4. The largest absolute Gasteiger partial charge is 0.491 e. The highest BCUT2D eigenvalue weighted by Gasteiger charge is 2.34. The molecule has 0 aromatic heterocycles. The van der Waals surface area contributed by atoms with Crippen LogP contribution in [0.25, 0.3) is 0 Å². The molecule has 2 heterocycles. The summed E-state index contributed by atoms with van der Waals surface area (Å²) in [7, 11) is 0. The van der Waals surface area contributed by atoms with Crippen molar-refractivity contribution in [2.75, 3.05) is 26.4 Å². The van der Waals surface area contributed by atoms with Crippen LogP contribution in [0.2, 0.25) is 0 Å². The Morgan fingerprint density at radius 2 is 1.58 bits per heavy atom. The number of carbonyl (C=O) groups is 4. The summed E-state index contributed by atoms with van der Waals surface area (Å²) in [4.78, 5) is 53.4. The summed E-state index contributed by atoms with van der Waals surface area (Å²) in [5, 5.41) is 11.2. The Bertz CT molecular complexity index is 1540. The van der Waals surface area contributed by atoms with Crippen LogP contribution in [0.3, 0.4) is 0 Å². The second kappa shape index (κ2) is 14.1. The maximum Gasteiger partial charge on any atom is 0.255 e. The van der Waals surface area contributed by atoms with Gasteiger partial charge < -0.3 is 35.5 Å². The number of hydrogen-bond donors (Lipinski definition) is 4. The lowest BCUT2D eigenvalue weighted by Crippen LogP contribution is -2.59. The number of fused-ring (bicyclic) bond motifs is 2. The lowest BCUT2D eigenvalue weighted by atomic mass is 10.0. The van der Waals surface area contributed by atoms with E-state index in [9.17, 15) is 19.2 Å². The van der Waals surface area contributed by atoms with Crippen LogP contribution in [-0.2, 0) is 27.2 Å². The Balaban J connectivity index is 1.32. The molecule has 2 aliphatic rings. The Kier molecular flexibility index (Phi) is 9.86. The summed E-state index contributed by atoms with van der Waals surface area (Å²) in [5.74, 6) is -0.453. The highest BCUT2D eigenvalue weighted by atomic mass is 16.6. The molecule has 3 aromatic rings. The van der Waals surface area contributed by atoms with Crippen molar-refractivity contribution in [3.63, 3.8) is 0 Å². The molecule has 2 atom stereocenters. The van der Waals surface area contributed by atoms with Gasteiger partial charge in [-0.05, 0) is 62.1 Å². The highest BCUT2D eigenvalue weighted by Crippen LogP contribution is 2.30. The summed E-state index contributed by atoms with van der Waals surface area (Å²) in [6.07, 6.45) is 0.581. The number of benzene rings is 3. The van der Waals surface area contributed by atoms with Crippen LogP contribution in [0.5, 0.6) is 17.2 Å². The Morgan fingerprint density at radius 3 is 2.38 bits per heavy atom. The van der Waals surface area contributed by atoms with Crippen LogP contribution < -0.4 is 35.5 Å². The first-order chi connectivity index (χ1) is 21.7. The lowest BCUT2D eigenvalue weighted by molar-refractivity contribution is -0.134. The van der Waals surface area contributed by atoms with E-state index < -0.39 is 41.3 Å². The monoisotopic (exact) mass is 614 g/mol. The van der Waals surface area contributed by atoms with Crippen LogP contribution in [0.15, 0.2) is 72.8 Å². The zero-order valence-electron chi connectivity index (χ0n) is 25.4. The van der Waals surface area contributed by atoms with Crippen LogP contribution in [-0.4, -0.2) is 67.6 Å². The standard InChI is InChI=1S/C34H38N4O7/c1-34(2)33(42)36-24(18-22-8-4-3-5-9-22)21-45-27-11-7-6-10-25(27)31(40)37-26(20-30(39)38-34)32(41)35-15-14-23-12-13-28-29(19-23)44-17-16-43-28/h3-13,19,24,26H,14-18,20-21H2,1-2H3,(H,35,41)(H,36,42)(H,37,40)(H,38,39)/t24-,26+/m1/s1. The van der Waals surface area contributed by atoms with Gasteiger partial charge in [-0.25, -0.2) is 0 Å². The maximum atomic E-state index is 13.5. The van der Waals surface area contributed by atoms with Crippen molar-refractivity contribution in [1.29, 1.82) is 0 Å². The van der Waals surface area contributed by atoms with Gasteiger partial charge in [-0.3, -0.25) is 19.2 Å². The van der Waals surface area contributed by atoms with Gasteiger partial charge in [0.1, 0.15) is 37.2 Å². The van der Waals surface area contributed by atoms with Gasteiger partial charge in [-0.15, -0.1) is 0 Å². The number of ether oxygens (including phenoxy) is 3. The molecule has 2 aliphatic heterocycles. The number of carbonyl (C=O) groups excluding carboxylic acids is 4. The fraction of sp³-hybridized carbons (Fsp3) is 0.353. The van der Waals surface area contributed by atoms with Crippen LogP contribution in [0, 0.1) is 0 Å². The minimum atomic E-state index is -1.31. The van der Waals surface area contributed by atoms with Crippen molar-refractivity contribution >= 4 is 23.6 Å². The smallest absolute Gasteiger partial charge is 0.255 e. The molecule has 0 saturated carbocycles. The van der Waals surface area contributed by atoms with E-state index in [1.54, 1.807) is 38.1 Å². The van der Waals surface area contributed by atoms with Crippen LogP contribution in [0.1, 0.15) is 41.8 Å². The van der Waals surface area contributed by atoms with E-state index in [1.165, 1.54) is 0 Å². The first-order valence-electron chi connectivity index (χ1n) is 15.0. The van der Waals surface area contributed by atoms with Crippen molar-refractivity contribution in [3.05, 3.63) is 89.5 Å². The zero-order chi connectivity index (χ0) is 31.8. The third kappa shape index (κ3) is 8.31. The average Bonchev–Trinajstić information content (AvgIpc) is 3.03. The second-order valence-corrected chi connectivity index (χ2v) is 11.6. The predicted octanol–water partition coefficient (Wildman–Crippen LogP) is 2.32. The third-order valence-corrected chi connectivity index (χ3v) is 7.58. The summed E-state index contributed by atoms with van der Waals surface area (Å²) < 4.78 is 17.3. The van der Waals surface area contributed by atoms with Crippen LogP contribution >= 0.6 is 0 Å². The highest BCUT2D eigenvalue weighted by molar-refractivity contribution is 6.01. The Labute approximate surface area is 262 Å². The van der Waals surface area contributed by atoms with Crippen molar-refractivity contribution in [1.82, 2.24) is 21.3 Å². The van der Waals surface area contributed by atoms with Crippen molar-refractivity contribution in [2.45, 2.75) is 50.7 Å². The Morgan fingerprint density at radius 1 is 0.844 bits per heavy atom. The predicted molar refractivity (Wildman–Crippen MR) is 166 cm³/mol. The molecule has 3 aromatic carbocycles. The van der Waals surface area contributed by atoms with E-state index in [0.29, 0.717) is 43.3 Å². The average molecular weight is 615 g/mol. The summed E-state index contributed by atoms with van der Waals surface area (Å²) in [6.45, 7) is 4.46. The van der Waals surface area contributed by atoms with E-state index in [-0.39, 0.29) is 25.1 Å². The fourth-order valence-electron chi connectivity index (χ4n) is 5.17. The summed E-state index contributed by atoms with van der Waals surface area (Å²) in [5.41, 5.74) is 0.811. The molecule has 0 radical (unpaired) electrons. The molecule has 0 spiro atoms. The first kappa shape index (κ1) is 31.4. The fourth-order valence-corrected chi connectivity index (χ4v) is 5.17. The second-order valence-electron chi connectivity index (χ2n) is 11.6. The quantitative estimate of drug-likeness (QED) is 0.334. The molecule has 4 N–H and O–H groups in total. The van der Waals surface area contributed by atoms with Gasteiger partial charge in [-0.1, -0.05) is 48.5 Å². The van der Waals surface area contributed by atoms with E-state index in [1.807, 2.05) is 48.5 Å². The number of nitrogens with one attached hydrogen (secondary N) is 4. The van der Waals surface area contributed by atoms with Crippen LogP contribution in [0.4, 0.5) is 0 Å².